The Morgan fingerprint density at radius 1 is 1.32 bits per heavy atom. The zero-order chi connectivity index (χ0) is 15.8. The van der Waals surface area contributed by atoms with Gasteiger partial charge in [-0.3, -0.25) is 0 Å². The SMILES string of the molecule is [O-]/[N+](=C\c1csc(SCCC=C(F)F)n1)Cc1ccccc1. The van der Waals surface area contributed by atoms with Crippen LogP contribution in [0.5, 0.6) is 0 Å². The van der Waals surface area contributed by atoms with Gasteiger partial charge < -0.3 is 5.21 Å². The van der Waals surface area contributed by atoms with Crippen molar-refractivity contribution < 1.29 is 13.5 Å². The molecule has 22 heavy (non-hydrogen) atoms. The smallest absolute Gasteiger partial charge is 0.266 e. The van der Waals surface area contributed by atoms with Gasteiger partial charge in [0.1, 0.15) is 5.69 Å². The lowest BCUT2D eigenvalue weighted by Crippen LogP contribution is -2.05. The van der Waals surface area contributed by atoms with E-state index in [0.717, 1.165) is 20.7 Å². The van der Waals surface area contributed by atoms with Crippen LogP contribution in [0, 0.1) is 5.21 Å². The molecule has 0 saturated heterocycles. The summed E-state index contributed by atoms with van der Waals surface area (Å²) in [6.45, 7) is 0.265. The number of benzene rings is 1. The summed E-state index contributed by atoms with van der Waals surface area (Å²) in [6.07, 6.45) is 0.978. The van der Waals surface area contributed by atoms with E-state index in [1.54, 1.807) is 5.38 Å². The number of allylic oxidation sites excluding steroid dienone is 1. The number of nitrogens with zero attached hydrogens (tertiary/aromatic N) is 2. The van der Waals surface area contributed by atoms with Gasteiger partial charge in [0.25, 0.3) is 6.08 Å². The maximum absolute atomic E-state index is 11.9. The fraction of sp³-hybridized carbons (Fsp3) is 0.200. The average molecular weight is 340 g/mol. The van der Waals surface area contributed by atoms with Gasteiger partial charge in [0.2, 0.25) is 6.21 Å². The Morgan fingerprint density at radius 2 is 2.09 bits per heavy atom. The third kappa shape index (κ3) is 5.95. The topological polar surface area (TPSA) is 39.0 Å². The predicted molar refractivity (Wildman–Crippen MR) is 86.7 cm³/mol. The van der Waals surface area contributed by atoms with E-state index in [1.807, 2.05) is 30.3 Å². The number of thiazole rings is 1. The van der Waals surface area contributed by atoms with Gasteiger partial charge in [-0.05, 0) is 12.5 Å². The normalized spacial score (nSPS) is 11.5. The molecule has 2 rings (SSSR count). The van der Waals surface area contributed by atoms with Crippen molar-refractivity contribution >= 4 is 29.3 Å². The summed E-state index contributed by atoms with van der Waals surface area (Å²) in [7, 11) is 0. The first-order valence-electron chi connectivity index (χ1n) is 6.55. The highest BCUT2D eigenvalue weighted by Gasteiger charge is 2.05. The number of hydrogen-bond donors (Lipinski definition) is 0. The Kier molecular flexibility index (Phi) is 6.54. The molecule has 1 heterocycles. The first kappa shape index (κ1) is 16.6. The number of rotatable bonds is 7. The number of hydrogen-bond acceptors (Lipinski definition) is 4. The van der Waals surface area contributed by atoms with Crippen LogP contribution in [0.15, 0.2) is 52.2 Å². The molecule has 0 N–H and O–H groups in total. The van der Waals surface area contributed by atoms with Crippen LogP contribution in [-0.4, -0.2) is 21.7 Å². The summed E-state index contributed by atoms with van der Waals surface area (Å²) in [5, 5.41) is 13.6. The van der Waals surface area contributed by atoms with Crippen LogP contribution in [0.2, 0.25) is 0 Å². The molecular weight excluding hydrogens is 326 g/mol. The van der Waals surface area contributed by atoms with Crippen molar-refractivity contribution in [2.45, 2.75) is 17.3 Å². The zero-order valence-electron chi connectivity index (χ0n) is 11.6. The van der Waals surface area contributed by atoms with Gasteiger partial charge in [-0.1, -0.05) is 42.1 Å². The second-order valence-corrected chi connectivity index (χ2v) is 6.56. The molecule has 0 unspecified atom stereocenters. The molecule has 0 aliphatic rings. The highest BCUT2D eigenvalue weighted by molar-refractivity contribution is 8.01. The molecule has 0 fully saturated rings. The summed E-state index contributed by atoms with van der Waals surface area (Å²) in [6, 6.07) is 9.44. The van der Waals surface area contributed by atoms with Crippen molar-refractivity contribution in [2.24, 2.45) is 0 Å². The van der Waals surface area contributed by atoms with E-state index < -0.39 is 6.08 Å². The average Bonchev–Trinajstić information content (AvgIpc) is 2.92. The maximum atomic E-state index is 11.9. The van der Waals surface area contributed by atoms with Crippen LogP contribution in [0.3, 0.4) is 0 Å². The summed E-state index contributed by atoms with van der Waals surface area (Å²) in [5.41, 5.74) is 1.52. The van der Waals surface area contributed by atoms with Gasteiger partial charge in [0, 0.05) is 16.7 Å². The Balaban J connectivity index is 1.88. The highest BCUT2D eigenvalue weighted by atomic mass is 32.2. The summed E-state index contributed by atoms with van der Waals surface area (Å²) in [5.74, 6) is 0.537. The van der Waals surface area contributed by atoms with Gasteiger partial charge >= 0.3 is 0 Å². The minimum Gasteiger partial charge on any atom is -0.623 e. The molecule has 7 heteroatoms. The summed E-state index contributed by atoms with van der Waals surface area (Å²) >= 11 is 2.81. The molecule has 1 aromatic carbocycles. The Bertz CT molecular complexity index is 653. The molecule has 0 amide bonds. The van der Waals surface area contributed by atoms with Crippen LogP contribution in [-0.2, 0) is 6.54 Å². The van der Waals surface area contributed by atoms with Crippen molar-refractivity contribution in [2.75, 3.05) is 5.75 Å². The number of aromatic nitrogens is 1. The molecule has 116 valence electrons. The van der Waals surface area contributed by atoms with Gasteiger partial charge in [0.15, 0.2) is 10.9 Å². The molecule has 2 aromatic rings. The molecule has 0 radical (unpaired) electrons. The van der Waals surface area contributed by atoms with Gasteiger partial charge in [-0.25, -0.2) is 9.72 Å². The number of thioether (sulfide) groups is 1. The lowest BCUT2D eigenvalue weighted by molar-refractivity contribution is -0.469. The van der Waals surface area contributed by atoms with Crippen molar-refractivity contribution in [1.82, 2.24) is 4.98 Å². The Hall–Kier alpha value is -1.73. The molecule has 3 nitrogen and oxygen atoms in total. The first-order chi connectivity index (χ1) is 10.6. The lowest BCUT2D eigenvalue weighted by Gasteiger charge is -2.02. The molecule has 0 bridgehead atoms. The van der Waals surface area contributed by atoms with Crippen molar-refractivity contribution in [3.8, 4) is 0 Å². The largest absolute Gasteiger partial charge is 0.623 e. The third-order valence-corrected chi connectivity index (χ3v) is 4.67. The highest BCUT2D eigenvalue weighted by Crippen LogP contribution is 2.23. The van der Waals surface area contributed by atoms with Crippen LogP contribution < -0.4 is 0 Å². The monoisotopic (exact) mass is 340 g/mol. The molecule has 1 aromatic heterocycles. The molecule has 0 spiro atoms. The van der Waals surface area contributed by atoms with Crippen LogP contribution in [0.4, 0.5) is 8.78 Å². The second kappa shape index (κ2) is 8.65. The van der Waals surface area contributed by atoms with Crippen molar-refractivity contribution in [1.29, 1.82) is 0 Å². The van der Waals surface area contributed by atoms with Gasteiger partial charge in [-0.15, -0.1) is 11.3 Å². The van der Waals surface area contributed by atoms with Crippen molar-refractivity contribution in [3.63, 3.8) is 0 Å². The third-order valence-electron chi connectivity index (χ3n) is 2.60. The lowest BCUT2D eigenvalue weighted by atomic mass is 10.2. The molecule has 0 aliphatic heterocycles. The fourth-order valence-corrected chi connectivity index (χ4v) is 3.41. The standard InChI is InChI=1S/C15H14F2N2OS2/c16-14(17)7-4-8-21-15-18-13(11-22-15)10-19(20)9-12-5-2-1-3-6-12/h1-3,5-7,10-11H,4,8-9H2/b19-10-. The Labute approximate surface area is 135 Å². The van der Waals surface area contributed by atoms with E-state index in [4.69, 9.17) is 0 Å². The first-order valence-corrected chi connectivity index (χ1v) is 8.42. The number of hydroxylamine groups is 1. The quantitative estimate of drug-likeness (QED) is 0.186. The maximum Gasteiger partial charge on any atom is 0.266 e. The number of halogens is 2. The fourth-order valence-electron chi connectivity index (χ4n) is 1.67. The van der Waals surface area contributed by atoms with Crippen LogP contribution in [0.25, 0.3) is 0 Å². The predicted octanol–water partition coefficient (Wildman–Crippen LogP) is 4.54. The van der Waals surface area contributed by atoms with Crippen LogP contribution in [0.1, 0.15) is 17.7 Å². The van der Waals surface area contributed by atoms with E-state index in [9.17, 15) is 14.0 Å². The molecule has 0 aliphatic carbocycles. The van der Waals surface area contributed by atoms with E-state index in [0.29, 0.717) is 17.9 Å². The second-order valence-electron chi connectivity index (χ2n) is 4.36. The van der Waals surface area contributed by atoms with E-state index in [2.05, 4.69) is 4.98 Å². The van der Waals surface area contributed by atoms with E-state index in [1.165, 1.54) is 29.3 Å². The molecular formula is C15H14F2N2OS2. The van der Waals surface area contributed by atoms with Crippen molar-refractivity contribution in [3.05, 3.63) is 64.3 Å². The van der Waals surface area contributed by atoms with E-state index in [-0.39, 0.29) is 6.54 Å². The zero-order valence-corrected chi connectivity index (χ0v) is 13.2. The van der Waals surface area contributed by atoms with Gasteiger partial charge in [-0.2, -0.15) is 8.78 Å². The molecule has 0 saturated carbocycles. The minimum absolute atomic E-state index is 0.265. The summed E-state index contributed by atoms with van der Waals surface area (Å²) < 4.78 is 25.4. The Morgan fingerprint density at radius 3 is 2.82 bits per heavy atom. The van der Waals surface area contributed by atoms with E-state index >= 15 is 0 Å². The van der Waals surface area contributed by atoms with Crippen LogP contribution >= 0.6 is 23.1 Å². The minimum atomic E-state index is -1.66. The summed E-state index contributed by atoms with van der Waals surface area (Å²) in [4.78, 5) is 4.28. The van der Waals surface area contributed by atoms with Gasteiger partial charge in [0.05, 0.1) is 0 Å². The molecule has 0 atom stereocenters.